The minimum atomic E-state index is -0.365. The van der Waals surface area contributed by atoms with Crippen LogP contribution in [0.1, 0.15) is 48.3 Å². The summed E-state index contributed by atoms with van der Waals surface area (Å²) in [6, 6.07) is 5.36. The second-order valence-electron chi connectivity index (χ2n) is 8.66. The quantitative estimate of drug-likeness (QED) is 0.725. The van der Waals surface area contributed by atoms with Crippen LogP contribution >= 0.6 is 0 Å². The van der Waals surface area contributed by atoms with Crippen LogP contribution in [0.25, 0.3) is 0 Å². The number of nitrogens with zero attached hydrogens (tertiary/aromatic N) is 5. The van der Waals surface area contributed by atoms with Crippen molar-refractivity contribution in [2.24, 2.45) is 5.92 Å². The Morgan fingerprint density at radius 2 is 1.84 bits per heavy atom. The van der Waals surface area contributed by atoms with Crippen molar-refractivity contribution in [3.63, 3.8) is 0 Å². The maximum Gasteiger partial charge on any atom is 0.253 e. The Hall–Kier alpha value is -2.81. The summed E-state index contributed by atoms with van der Waals surface area (Å²) in [5, 5.41) is 11.9. The van der Waals surface area contributed by atoms with Gasteiger partial charge in [0.05, 0.1) is 12.6 Å². The molecule has 8 nitrogen and oxygen atoms in total. The SMILES string of the molecule is CC(C)CC(NC(=O)CN(C)C)c1nnc2n1CCN(C(=O)c1ccc(F)cc1)CC2. The average molecular weight is 431 g/mol. The summed E-state index contributed by atoms with van der Waals surface area (Å²) in [5.41, 5.74) is 0.466. The van der Waals surface area contributed by atoms with Crippen molar-refractivity contribution in [3.8, 4) is 0 Å². The van der Waals surface area contributed by atoms with E-state index < -0.39 is 0 Å². The molecule has 9 heteroatoms. The summed E-state index contributed by atoms with van der Waals surface area (Å²) < 4.78 is 15.2. The first-order chi connectivity index (χ1) is 14.7. The largest absolute Gasteiger partial charge is 0.345 e. The molecule has 1 atom stereocenters. The van der Waals surface area contributed by atoms with E-state index in [2.05, 4.69) is 29.4 Å². The lowest BCUT2D eigenvalue weighted by molar-refractivity contribution is -0.122. The zero-order valence-corrected chi connectivity index (χ0v) is 18.6. The Balaban J connectivity index is 1.76. The molecule has 0 radical (unpaired) electrons. The summed E-state index contributed by atoms with van der Waals surface area (Å²) in [6.45, 7) is 6.06. The standard InChI is InChI=1S/C22H31FN6O2/c1-15(2)13-18(24-20(30)14-27(3)4)21-26-25-19-9-10-28(11-12-29(19)21)22(31)16-5-7-17(23)8-6-16/h5-8,15,18H,9-14H2,1-4H3,(H,24,30). The molecule has 2 amide bonds. The molecule has 0 saturated carbocycles. The van der Waals surface area contributed by atoms with Gasteiger partial charge in [0.15, 0.2) is 5.82 Å². The molecular formula is C22H31FN6O2. The zero-order chi connectivity index (χ0) is 22.5. The number of carbonyl (C=O) groups is 2. The molecule has 0 spiro atoms. The third kappa shape index (κ3) is 5.88. The Kier molecular flexibility index (Phi) is 7.37. The van der Waals surface area contributed by atoms with Crippen LogP contribution in [0.3, 0.4) is 0 Å². The van der Waals surface area contributed by atoms with E-state index >= 15 is 0 Å². The number of fused-ring (bicyclic) bond motifs is 1. The molecule has 0 bridgehead atoms. The van der Waals surface area contributed by atoms with E-state index in [1.54, 1.807) is 4.90 Å². The highest BCUT2D eigenvalue weighted by atomic mass is 19.1. The van der Waals surface area contributed by atoms with Crippen molar-refractivity contribution in [3.05, 3.63) is 47.3 Å². The summed E-state index contributed by atoms with van der Waals surface area (Å²) in [7, 11) is 3.71. The molecule has 31 heavy (non-hydrogen) atoms. The molecule has 0 saturated heterocycles. The highest BCUT2D eigenvalue weighted by molar-refractivity contribution is 5.94. The Bertz CT molecular complexity index is 909. The van der Waals surface area contributed by atoms with Gasteiger partial charge in [0.1, 0.15) is 11.6 Å². The minimum absolute atomic E-state index is 0.0604. The van der Waals surface area contributed by atoms with E-state index in [0.29, 0.717) is 44.1 Å². The van der Waals surface area contributed by atoms with Gasteiger partial charge in [-0.3, -0.25) is 9.59 Å². The normalized spacial score (nSPS) is 15.0. The van der Waals surface area contributed by atoms with Gasteiger partial charge in [-0.25, -0.2) is 4.39 Å². The molecule has 1 aromatic carbocycles. The third-order valence-electron chi connectivity index (χ3n) is 5.25. The Morgan fingerprint density at radius 1 is 1.13 bits per heavy atom. The van der Waals surface area contributed by atoms with Crippen molar-refractivity contribution in [1.82, 2.24) is 29.9 Å². The van der Waals surface area contributed by atoms with Gasteiger partial charge in [-0.15, -0.1) is 10.2 Å². The fraction of sp³-hybridized carbons (Fsp3) is 0.545. The average Bonchev–Trinajstić information content (AvgIpc) is 2.98. The van der Waals surface area contributed by atoms with E-state index in [4.69, 9.17) is 0 Å². The monoisotopic (exact) mass is 430 g/mol. The molecule has 1 N–H and O–H groups in total. The molecule has 1 aliphatic heterocycles. The van der Waals surface area contributed by atoms with Gasteiger partial charge in [-0.05, 0) is 50.7 Å². The fourth-order valence-electron chi connectivity index (χ4n) is 3.81. The van der Waals surface area contributed by atoms with Gasteiger partial charge < -0.3 is 19.7 Å². The minimum Gasteiger partial charge on any atom is -0.345 e. The van der Waals surface area contributed by atoms with Crippen LogP contribution in [-0.2, 0) is 17.8 Å². The predicted octanol–water partition coefficient (Wildman–Crippen LogP) is 1.88. The maximum atomic E-state index is 13.2. The number of benzene rings is 1. The summed E-state index contributed by atoms with van der Waals surface area (Å²) >= 11 is 0. The van der Waals surface area contributed by atoms with Gasteiger partial charge in [0, 0.05) is 31.6 Å². The molecule has 0 aliphatic carbocycles. The summed E-state index contributed by atoms with van der Waals surface area (Å²) in [6.07, 6.45) is 1.31. The van der Waals surface area contributed by atoms with Gasteiger partial charge in [0.2, 0.25) is 5.91 Å². The molecule has 1 aromatic heterocycles. The van der Waals surface area contributed by atoms with Gasteiger partial charge >= 0.3 is 0 Å². The number of hydrogen-bond acceptors (Lipinski definition) is 5. The van der Waals surface area contributed by atoms with Crippen molar-refractivity contribution >= 4 is 11.8 Å². The molecule has 168 valence electrons. The van der Waals surface area contributed by atoms with Gasteiger partial charge in [0.25, 0.3) is 5.91 Å². The number of aromatic nitrogens is 3. The molecule has 2 aromatic rings. The molecule has 1 aliphatic rings. The van der Waals surface area contributed by atoms with Crippen molar-refractivity contribution in [1.29, 1.82) is 0 Å². The second kappa shape index (κ2) is 10.00. The lowest BCUT2D eigenvalue weighted by Gasteiger charge is -2.23. The Labute approximate surface area is 182 Å². The summed E-state index contributed by atoms with van der Waals surface area (Å²) in [4.78, 5) is 28.8. The number of halogens is 1. The van der Waals surface area contributed by atoms with Crippen LogP contribution < -0.4 is 5.32 Å². The number of rotatable bonds is 7. The van der Waals surface area contributed by atoms with Gasteiger partial charge in [-0.1, -0.05) is 13.8 Å². The van der Waals surface area contributed by atoms with E-state index in [9.17, 15) is 14.0 Å². The topological polar surface area (TPSA) is 83.4 Å². The molecule has 3 rings (SSSR count). The van der Waals surface area contributed by atoms with Crippen molar-refractivity contribution < 1.29 is 14.0 Å². The van der Waals surface area contributed by atoms with Crippen LogP contribution in [0.4, 0.5) is 4.39 Å². The van der Waals surface area contributed by atoms with Crippen LogP contribution in [0.2, 0.25) is 0 Å². The van der Waals surface area contributed by atoms with Crippen LogP contribution in [-0.4, -0.2) is 70.1 Å². The molecule has 2 heterocycles. The van der Waals surface area contributed by atoms with E-state index in [-0.39, 0.29) is 23.7 Å². The Morgan fingerprint density at radius 3 is 2.48 bits per heavy atom. The third-order valence-corrected chi connectivity index (χ3v) is 5.25. The van der Waals surface area contributed by atoms with E-state index in [1.807, 2.05) is 23.6 Å². The predicted molar refractivity (Wildman–Crippen MR) is 115 cm³/mol. The number of likely N-dealkylation sites (N-methyl/N-ethyl adjacent to an activating group) is 1. The smallest absolute Gasteiger partial charge is 0.253 e. The van der Waals surface area contributed by atoms with Crippen LogP contribution in [0.5, 0.6) is 0 Å². The van der Waals surface area contributed by atoms with Crippen molar-refractivity contribution in [2.45, 2.75) is 39.3 Å². The fourth-order valence-corrected chi connectivity index (χ4v) is 3.81. The highest BCUT2D eigenvalue weighted by Gasteiger charge is 2.27. The lowest BCUT2D eigenvalue weighted by Crippen LogP contribution is -2.38. The first kappa shape index (κ1) is 22.9. The summed E-state index contributed by atoms with van der Waals surface area (Å²) in [5.74, 6) is 1.34. The first-order valence-corrected chi connectivity index (χ1v) is 10.7. The van der Waals surface area contributed by atoms with Crippen molar-refractivity contribution in [2.75, 3.05) is 33.7 Å². The van der Waals surface area contributed by atoms with Gasteiger partial charge in [-0.2, -0.15) is 0 Å². The number of carbonyl (C=O) groups excluding carboxylic acids is 2. The zero-order valence-electron chi connectivity index (χ0n) is 18.6. The first-order valence-electron chi connectivity index (χ1n) is 10.7. The maximum absolute atomic E-state index is 13.2. The molecule has 0 fully saturated rings. The highest BCUT2D eigenvalue weighted by Crippen LogP contribution is 2.22. The molecule has 1 unspecified atom stereocenters. The number of amides is 2. The second-order valence-corrected chi connectivity index (χ2v) is 8.66. The number of nitrogens with one attached hydrogen (secondary N) is 1. The van der Waals surface area contributed by atoms with Crippen LogP contribution in [0, 0.1) is 11.7 Å². The molecular weight excluding hydrogens is 399 g/mol. The van der Waals surface area contributed by atoms with Crippen LogP contribution in [0.15, 0.2) is 24.3 Å². The lowest BCUT2D eigenvalue weighted by atomic mass is 10.0. The number of hydrogen-bond donors (Lipinski definition) is 1. The van der Waals surface area contributed by atoms with E-state index in [1.165, 1.54) is 24.3 Å². The van der Waals surface area contributed by atoms with E-state index in [0.717, 1.165) is 18.1 Å².